The standard InChI is InChI=1S/C9H17N3O2/c1-12(2)8(13)5-7(9(10)14)11-6-3-4-6/h6-7,11H,3-5H2,1-2H3,(H2,10,14). The number of hydrogen-bond donors (Lipinski definition) is 2. The van der Waals surface area contributed by atoms with Crippen LogP contribution in [0.4, 0.5) is 0 Å². The number of amides is 2. The molecule has 0 aromatic carbocycles. The molecule has 5 heteroatoms. The molecule has 2 amide bonds. The van der Waals surface area contributed by atoms with Gasteiger partial charge in [-0.2, -0.15) is 0 Å². The van der Waals surface area contributed by atoms with Gasteiger partial charge in [0, 0.05) is 20.1 Å². The van der Waals surface area contributed by atoms with Crippen LogP contribution in [-0.2, 0) is 9.59 Å². The molecule has 1 rings (SSSR count). The molecular formula is C9H17N3O2. The van der Waals surface area contributed by atoms with E-state index < -0.39 is 11.9 Å². The van der Waals surface area contributed by atoms with Gasteiger partial charge in [-0.3, -0.25) is 9.59 Å². The van der Waals surface area contributed by atoms with Gasteiger partial charge in [-0.1, -0.05) is 0 Å². The Kier molecular flexibility index (Phi) is 3.46. The van der Waals surface area contributed by atoms with E-state index in [0.29, 0.717) is 6.04 Å². The Labute approximate surface area is 83.6 Å². The summed E-state index contributed by atoms with van der Waals surface area (Å²) >= 11 is 0. The van der Waals surface area contributed by atoms with E-state index in [9.17, 15) is 9.59 Å². The van der Waals surface area contributed by atoms with E-state index in [0.717, 1.165) is 12.8 Å². The summed E-state index contributed by atoms with van der Waals surface area (Å²) in [5, 5.41) is 3.05. The highest BCUT2D eigenvalue weighted by Crippen LogP contribution is 2.19. The summed E-state index contributed by atoms with van der Waals surface area (Å²) in [4.78, 5) is 23.8. The lowest BCUT2D eigenvalue weighted by atomic mass is 10.2. The van der Waals surface area contributed by atoms with Crippen molar-refractivity contribution < 1.29 is 9.59 Å². The summed E-state index contributed by atoms with van der Waals surface area (Å²) < 4.78 is 0. The molecule has 80 valence electrons. The third-order valence-electron chi connectivity index (χ3n) is 2.24. The minimum absolute atomic E-state index is 0.0815. The molecule has 14 heavy (non-hydrogen) atoms. The summed E-state index contributed by atoms with van der Waals surface area (Å²) in [5.74, 6) is -0.533. The molecule has 1 unspecified atom stereocenters. The molecular weight excluding hydrogens is 182 g/mol. The highest BCUT2D eigenvalue weighted by Gasteiger charge is 2.28. The Morgan fingerprint density at radius 1 is 1.50 bits per heavy atom. The van der Waals surface area contributed by atoms with Crippen molar-refractivity contribution in [1.29, 1.82) is 0 Å². The van der Waals surface area contributed by atoms with Gasteiger partial charge in [0.2, 0.25) is 11.8 Å². The van der Waals surface area contributed by atoms with Crippen molar-refractivity contribution in [3.05, 3.63) is 0 Å². The number of carbonyl (C=O) groups is 2. The summed E-state index contributed by atoms with van der Waals surface area (Å²) in [6.07, 6.45) is 2.29. The quantitative estimate of drug-likeness (QED) is 0.600. The highest BCUT2D eigenvalue weighted by molar-refractivity contribution is 5.87. The van der Waals surface area contributed by atoms with Crippen LogP contribution in [0, 0.1) is 0 Å². The first-order chi connectivity index (χ1) is 6.50. The minimum Gasteiger partial charge on any atom is -0.368 e. The topological polar surface area (TPSA) is 75.4 Å². The highest BCUT2D eigenvalue weighted by atomic mass is 16.2. The zero-order valence-corrected chi connectivity index (χ0v) is 8.62. The Hall–Kier alpha value is -1.10. The van der Waals surface area contributed by atoms with Gasteiger partial charge in [-0.05, 0) is 12.8 Å². The Bertz CT molecular complexity index is 236. The van der Waals surface area contributed by atoms with Crippen LogP contribution in [0.5, 0.6) is 0 Å². The molecule has 0 bridgehead atoms. The third kappa shape index (κ3) is 3.33. The first kappa shape index (κ1) is 11.0. The van der Waals surface area contributed by atoms with Gasteiger partial charge >= 0.3 is 0 Å². The number of nitrogens with two attached hydrogens (primary N) is 1. The van der Waals surface area contributed by atoms with Gasteiger partial charge < -0.3 is 16.0 Å². The van der Waals surface area contributed by atoms with E-state index in [1.807, 2.05) is 0 Å². The summed E-state index contributed by atoms with van der Waals surface area (Å²) in [7, 11) is 3.33. The van der Waals surface area contributed by atoms with Crippen LogP contribution in [0.25, 0.3) is 0 Å². The largest absolute Gasteiger partial charge is 0.368 e. The molecule has 0 spiro atoms. The van der Waals surface area contributed by atoms with Crippen molar-refractivity contribution in [2.24, 2.45) is 5.73 Å². The maximum atomic E-state index is 11.3. The van der Waals surface area contributed by atoms with Gasteiger partial charge in [0.25, 0.3) is 0 Å². The molecule has 1 aliphatic carbocycles. The zero-order valence-electron chi connectivity index (χ0n) is 8.62. The van der Waals surface area contributed by atoms with Crippen molar-refractivity contribution in [2.75, 3.05) is 14.1 Å². The number of hydrogen-bond acceptors (Lipinski definition) is 3. The Balaban J connectivity index is 2.41. The van der Waals surface area contributed by atoms with Crippen LogP contribution in [0.1, 0.15) is 19.3 Å². The fourth-order valence-electron chi connectivity index (χ4n) is 1.13. The van der Waals surface area contributed by atoms with Crippen molar-refractivity contribution >= 4 is 11.8 Å². The predicted molar refractivity (Wildman–Crippen MR) is 52.5 cm³/mol. The van der Waals surface area contributed by atoms with E-state index in [-0.39, 0.29) is 12.3 Å². The van der Waals surface area contributed by atoms with E-state index in [2.05, 4.69) is 5.32 Å². The zero-order chi connectivity index (χ0) is 10.7. The van der Waals surface area contributed by atoms with Gasteiger partial charge in [0.1, 0.15) is 0 Å². The Morgan fingerprint density at radius 3 is 2.43 bits per heavy atom. The van der Waals surface area contributed by atoms with Crippen molar-refractivity contribution in [3.8, 4) is 0 Å². The van der Waals surface area contributed by atoms with Crippen LogP contribution in [0.15, 0.2) is 0 Å². The monoisotopic (exact) mass is 199 g/mol. The van der Waals surface area contributed by atoms with Crippen LogP contribution in [0.3, 0.4) is 0 Å². The van der Waals surface area contributed by atoms with E-state index >= 15 is 0 Å². The summed E-state index contributed by atoms with van der Waals surface area (Å²) in [5.41, 5.74) is 5.19. The molecule has 0 aromatic heterocycles. The molecule has 1 fully saturated rings. The molecule has 0 heterocycles. The van der Waals surface area contributed by atoms with Crippen LogP contribution >= 0.6 is 0 Å². The fraction of sp³-hybridized carbons (Fsp3) is 0.778. The molecule has 0 saturated heterocycles. The molecule has 1 aliphatic rings. The summed E-state index contributed by atoms with van der Waals surface area (Å²) in [6.45, 7) is 0. The maximum Gasteiger partial charge on any atom is 0.235 e. The van der Waals surface area contributed by atoms with Crippen molar-refractivity contribution in [3.63, 3.8) is 0 Å². The first-order valence-corrected chi connectivity index (χ1v) is 4.76. The lowest BCUT2D eigenvalue weighted by Gasteiger charge is -2.17. The second-order valence-electron chi connectivity index (χ2n) is 3.89. The van der Waals surface area contributed by atoms with Crippen LogP contribution in [0.2, 0.25) is 0 Å². The number of carbonyl (C=O) groups excluding carboxylic acids is 2. The number of nitrogens with one attached hydrogen (secondary N) is 1. The second-order valence-corrected chi connectivity index (χ2v) is 3.89. The molecule has 0 aromatic rings. The van der Waals surface area contributed by atoms with E-state index in [1.54, 1.807) is 14.1 Å². The lowest BCUT2D eigenvalue weighted by molar-refractivity contribution is -0.132. The number of primary amides is 1. The molecule has 0 radical (unpaired) electrons. The molecule has 1 atom stereocenters. The van der Waals surface area contributed by atoms with Crippen molar-refractivity contribution in [1.82, 2.24) is 10.2 Å². The summed E-state index contributed by atoms with van der Waals surface area (Å²) in [6, 6.07) is -0.139. The maximum absolute atomic E-state index is 11.3. The second kappa shape index (κ2) is 4.41. The van der Waals surface area contributed by atoms with E-state index in [1.165, 1.54) is 4.90 Å². The van der Waals surface area contributed by atoms with E-state index in [4.69, 9.17) is 5.73 Å². The average Bonchev–Trinajstić information content (AvgIpc) is 2.86. The molecule has 5 nitrogen and oxygen atoms in total. The third-order valence-corrected chi connectivity index (χ3v) is 2.24. The Morgan fingerprint density at radius 2 is 2.07 bits per heavy atom. The molecule has 3 N–H and O–H groups in total. The SMILES string of the molecule is CN(C)C(=O)CC(NC1CC1)C(N)=O. The normalized spacial score (nSPS) is 17.6. The van der Waals surface area contributed by atoms with Crippen LogP contribution < -0.4 is 11.1 Å². The van der Waals surface area contributed by atoms with Gasteiger partial charge in [0.05, 0.1) is 12.5 Å². The number of nitrogens with zero attached hydrogens (tertiary/aromatic N) is 1. The molecule has 1 saturated carbocycles. The number of rotatable bonds is 5. The first-order valence-electron chi connectivity index (χ1n) is 4.76. The minimum atomic E-state index is -0.516. The van der Waals surface area contributed by atoms with Gasteiger partial charge in [0.15, 0.2) is 0 Å². The smallest absolute Gasteiger partial charge is 0.235 e. The van der Waals surface area contributed by atoms with Crippen molar-refractivity contribution in [2.45, 2.75) is 31.3 Å². The lowest BCUT2D eigenvalue weighted by Crippen LogP contribution is -2.45. The van der Waals surface area contributed by atoms with Gasteiger partial charge in [-0.15, -0.1) is 0 Å². The molecule has 0 aliphatic heterocycles. The van der Waals surface area contributed by atoms with Crippen LogP contribution in [-0.4, -0.2) is 42.9 Å². The van der Waals surface area contributed by atoms with Gasteiger partial charge in [-0.25, -0.2) is 0 Å². The predicted octanol–water partition coefficient (Wildman–Crippen LogP) is -0.929. The average molecular weight is 199 g/mol. The fourth-order valence-corrected chi connectivity index (χ4v) is 1.13.